The Bertz CT molecular complexity index is 932. The third-order valence-electron chi connectivity index (χ3n) is 5.23. The molecule has 2 aromatic carbocycles. The van der Waals surface area contributed by atoms with Gasteiger partial charge in [0.15, 0.2) is 5.16 Å². The van der Waals surface area contributed by atoms with Gasteiger partial charge in [-0.2, -0.15) is 0 Å². The maximum Gasteiger partial charge on any atom is 0.233 e. The van der Waals surface area contributed by atoms with E-state index in [1.807, 2.05) is 29.2 Å². The Morgan fingerprint density at radius 3 is 2.46 bits per heavy atom. The molecular formula is C22H26N4OS. The van der Waals surface area contributed by atoms with Crippen molar-refractivity contribution >= 4 is 28.7 Å². The molecule has 0 bridgehead atoms. The second kappa shape index (κ2) is 8.80. The fourth-order valence-electron chi connectivity index (χ4n) is 3.68. The van der Waals surface area contributed by atoms with Gasteiger partial charge in [-0.25, -0.2) is 4.98 Å². The van der Waals surface area contributed by atoms with Crippen molar-refractivity contribution in [2.75, 3.05) is 31.9 Å². The van der Waals surface area contributed by atoms with Crippen LogP contribution >= 0.6 is 11.8 Å². The van der Waals surface area contributed by atoms with Crippen LogP contribution in [0.5, 0.6) is 0 Å². The molecule has 2 heterocycles. The third kappa shape index (κ3) is 4.23. The van der Waals surface area contributed by atoms with E-state index in [1.54, 1.807) is 11.8 Å². The highest BCUT2D eigenvalue weighted by atomic mass is 32.2. The standard InChI is InChI=1S/C22H26N4OS/c1-2-26-20-11-7-6-10-19(20)23-22(26)28-17-21(27)25-14-12-24(13-15-25)16-18-8-4-3-5-9-18/h3-11H,2,12-17H2,1H3. The Kier molecular flexibility index (Phi) is 5.98. The number of thioether (sulfide) groups is 1. The predicted octanol–water partition coefficient (Wildman–Crippen LogP) is 3.49. The molecule has 146 valence electrons. The quantitative estimate of drug-likeness (QED) is 0.600. The maximum atomic E-state index is 12.7. The Labute approximate surface area is 170 Å². The van der Waals surface area contributed by atoms with E-state index in [1.165, 1.54) is 5.56 Å². The van der Waals surface area contributed by atoms with Gasteiger partial charge in [0, 0.05) is 39.3 Å². The molecule has 28 heavy (non-hydrogen) atoms. The van der Waals surface area contributed by atoms with Gasteiger partial charge >= 0.3 is 0 Å². The molecule has 0 spiro atoms. The minimum atomic E-state index is 0.207. The van der Waals surface area contributed by atoms with Crippen molar-refractivity contribution < 1.29 is 4.79 Å². The number of hydrogen-bond acceptors (Lipinski definition) is 4. The normalized spacial score (nSPS) is 15.2. The van der Waals surface area contributed by atoms with E-state index >= 15 is 0 Å². The zero-order chi connectivity index (χ0) is 19.3. The summed E-state index contributed by atoms with van der Waals surface area (Å²) in [6.07, 6.45) is 0. The number of aromatic nitrogens is 2. The molecule has 0 atom stereocenters. The fourth-order valence-corrected chi connectivity index (χ4v) is 4.67. The van der Waals surface area contributed by atoms with Gasteiger partial charge in [0.05, 0.1) is 16.8 Å². The molecule has 5 nitrogen and oxygen atoms in total. The average molecular weight is 395 g/mol. The van der Waals surface area contributed by atoms with E-state index in [0.29, 0.717) is 5.75 Å². The number of hydrogen-bond donors (Lipinski definition) is 0. The Hall–Kier alpha value is -2.31. The summed E-state index contributed by atoms with van der Waals surface area (Å²) < 4.78 is 2.19. The van der Waals surface area contributed by atoms with Crippen molar-refractivity contribution in [2.24, 2.45) is 0 Å². The number of nitrogens with zero attached hydrogens (tertiary/aromatic N) is 4. The van der Waals surface area contributed by atoms with Crippen LogP contribution in [-0.2, 0) is 17.9 Å². The molecule has 0 aliphatic carbocycles. The minimum Gasteiger partial charge on any atom is -0.339 e. The predicted molar refractivity (Wildman–Crippen MR) is 114 cm³/mol. The summed E-state index contributed by atoms with van der Waals surface area (Å²) in [7, 11) is 0. The summed E-state index contributed by atoms with van der Waals surface area (Å²) in [4.78, 5) is 21.8. The monoisotopic (exact) mass is 394 g/mol. The highest BCUT2D eigenvalue weighted by Gasteiger charge is 2.22. The highest BCUT2D eigenvalue weighted by Crippen LogP contribution is 2.24. The van der Waals surface area contributed by atoms with E-state index in [0.717, 1.165) is 55.5 Å². The van der Waals surface area contributed by atoms with Gasteiger partial charge < -0.3 is 9.47 Å². The van der Waals surface area contributed by atoms with Crippen LogP contribution in [0.4, 0.5) is 0 Å². The highest BCUT2D eigenvalue weighted by molar-refractivity contribution is 7.99. The molecule has 6 heteroatoms. The average Bonchev–Trinajstić information content (AvgIpc) is 3.11. The van der Waals surface area contributed by atoms with Gasteiger partial charge in [-0.1, -0.05) is 54.2 Å². The number of piperazine rings is 1. The number of carbonyl (C=O) groups is 1. The lowest BCUT2D eigenvalue weighted by Gasteiger charge is -2.34. The van der Waals surface area contributed by atoms with Gasteiger partial charge in [-0.05, 0) is 24.6 Å². The van der Waals surface area contributed by atoms with E-state index < -0.39 is 0 Å². The van der Waals surface area contributed by atoms with Gasteiger partial charge in [0.25, 0.3) is 0 Å². The SMILES string of the molecule is CCn1c(SCC(=O)N2CCN(Cc3ccccc3)CC2)nc2ccccc21. The number of amides is 1. The van der Waals surface area contributed by atoms with Crippen LogP contribution in [0.1, 0.15) is 12.5 Å². The number of imidazole rings is 1. The molecule has 3 aromatic rings. The molecule has 1 amide bonds. The molecule has 0 N–H and O–H groups in total. The molecule has 1 aromatic heterocycles. The van der Waals surface area contributed by atoms with Crippen molar-refractivity contribution in [2.45, 2.75) is 25.2 Å². The topological polar surface area (TPSA) is 41.4 Å². The number of aryl methyl sites for hydroxylation is 1. The van der Waals surface area contributed by atoms with E-state index in [-0.39, 0.29) is 5.91 Å². The first-order chi connectivity index (χ1) is 13.7. The molecule has 4 rings (SSSR count). The van der Waals surface area contributed by atoms with Crippen molar-refractivity contribution in [3.63, 3.8) is 0 Å². The Morgan fingerprint density at radius 1 is 1.00 bits per heavy atom. The van der Waals surface area contributed by atoms with Crippen LogP contribution in [0.15, 0.2) is 59.8 Å². The molecule has 1 aliphatic rings. The van der Waals surface area contributed by atoms with Gasteiger partial charge in [-0.15, -0.1) is 0 Å². The lowest BCUT2D eigenvalue weighted by molar-refractivity contribution is -0.130. The van der Waals surface area contributed by atoms with Gasteiger partial charge in [0.2, 0.25) is 5.91 Å². The van der Waals surface area contributed by atoms with Crippen LogP contribution in [0, 0.1) is 0 Å². The minimum absolute atomic E-state index is 0.207. The first kappa shape index (κ1) is 19.0. The first-order valence-electron chi connectivity index (χ1n) is 9.86. The van der Waals surface area contributed by atoms with Crippen LogP contribution in [0.3, 0.4) is 0 Å². The Balaban J connectivity index is 1.30. The molecule has 0 unspecified atom stereocenters. The number of para-hydroxylation sites is 2. The summed E-state index contributed by atoms with van der Waals surface area (Å²) in [5, 5.41) is 0.930. The number of carbonyl (C=O) groups excluding carboxylic acids is 1. The molecule has 1 saturated heterocycles. The fraction of sp³-hybridized carbons (Fsp3) is 0.364. The van der Waals surface area contributed by atoms with Crippen molar-refractivity contribution in [3.05, 3.63) is 60.2 Å². The lowest BCUT2D eigenvalue weighted by atomic mass is 10.2. The third-order valence-corrected chi connectivity index (χ3v) is 6.20. The molecule has 1 fully saturated rings. The summed E-state index contributed by atoms with van der Waals surface area (Å²) in [6.45, 7) is 7.39. The van der Waals surface area contributed by atoms with Crippen molar-refractivity contribution in [1.82, 2.24) is 19.4 Å². The summed E-state index contributed by atoms with van der Waals surface area (Å²) in [5.74, 6) is 0.654. The zero-order valence-corrected chi connectivity index (χ0v) is 17.1. The number of fused-ring (bicyclic) bond motifs is 1. The molecule has 1 aliphatic heterocycles. The molecule has 0 saturated carbocycles. The Morgan fingerprint density at radius 2 is 1.71 bits per heavy atom. The van der Waals surface area contributed by atoms with Crippen LogP contribution in [-0.4, -0.2) is 57.2 Å². The first-order valence-corrected chi connectivity index (χ1v) is 10.9. The zero-order valence-electron chi connectivity index (χ0n) is 16.3. The second-order valence-corrected chi connectivity index (χ2v) is 8.00. The lowest BCUT2D eigenvalue weighted by Crippen LogP contribution is -2.48. The molecular weight excluding hydrogens is 368 g/mol. The molecule has 0 radical (unpaired) electrons. The van der Waals surface area contributed by atoms with Crippen LogP contribution in [0.25, 0.3) is 11.0 Å². The number of benzene rings is 2. The summed E-state index contributed by atoms with van der Waals surface area (Å²) in [6, 6.07) is 18.7. The summed E-state index contributed by atoms with van der Waals surface area (Å²) in [5.41, 5.74) is 3.46. The second-order valence-electron chi connectivity index (χ2n) is 7.06. The van der Waals surface area contributed by atoms with Crippen LogP contribution in [0.2, 0.25) is 0 Å². The summed E-state index contributed by atoms with van der Waals surface area (Å²) >= 11 is 1.55. The van der Waals surface area contributed by atoms with Crippen molar-refractivity contribution in [3.8, 4) is 0 Å². The smallest absolute Gasteiger partial charge is 0.233 e. The maximum absolute atomic E-state index is 12.7. The van der Waals surface area contributed by atoms with Crippen LogP contribution < -0.4 is 0 Å². The van der Waals surface area contributed by atoms with E-state index in [9.17, 15) is 4.79 Å². The number of rotatable bonds is 6. The van der Waals surface area contributed by atoms with E-state index in [4.69, 9.17) is 4.98 Å². The largest absolute Gasteiger partial charge is 0.339 e. The van der Waals surface area contributed by atoms with Gasteiger partial charge in [0.1, 0.15) is 0 Å². The van der Waals surface area contributed by atoms with Crippen molar-refractivity contribution in [1.29, 1.82) is 0 Å². The van der Waals surface area contributed by atoms with Gasteiger partial charge in [-0.3, -0.25) is 9.69 Å². The van der Waals surface area contributed by atoms with E-state index in [2.05, 4.69) is 46.7 Å².